The first kappa shape index (κ1) is 19.6. The molecule has 2 aromatic carbocycles. The third kappa shape index (κ3) is 2.08. The van der Waals surface area contributed by atoms with Gasteiger partial charge in [0.05, 0.1) is 12.4 Å². The Balaban J connectivity index is 2.19. The highest BCUT2D eigenvalue weighted by atomic mass is 15.1. The molecule has 0 unspecified atom stereocenters. The van der Waals surface area contributed by atoms with Gasteiger partial charge < -0.3 is 0 Å². The number of rotatable bonds is 0. The van der Waals surface area contributed by atoms with E-state index in [-0.39, 0.29) is 16.2 Å². The molecule has 0 saturated carbocycles. The predicted molar refractivity (Wildman–Crippen MR) is 128 cm³/mol. The van der Waals surface area contributed by atoms with Crippen molar-refractivity contribution in [3.8, 4) is 0 Å². The lowest BCUT2D eigenvalue weighted by Crippen LogP contribution is -2.44. The first-order valence-corrected chi connectivity index (χ1v) is 11.2. The molecular weight excluding hydrogens is 364 g/mol. The number of aromatic nitrogens is 2. The smallest absolute Gasteiger partial charge is 0.232 e. The van der Waals surface area contributed by atoms with Gasteiger partial charge in [0.2, 0.25) is 0 Å². The van der Waals surface area contributed by atoms with Crippen LogP contribution < -0.4 is 4.57 Å². The summed E-state index contributed by atoms with van der Waals surface area (Å²) in [6.45, 7) is 21.2. The Morgan fingerprint density at radius 1 is 0.867 bits per heavy atom. The Hall–Kier alpha value is -2.35. The zero-order chi connectivity index (χ0) is 22.0. The fraction of sp³-hybridized carbons (Fsp3) is 0.464. The van der Waals surface area contributed by atoms with Gasteiger partial charge in [0, 0.05) is 27.2 Å². The number of hydrogen-bond donors (Lipinski definition) is 0. The van der Waals surface area contributed by atoms with Gasteiger partial charge in [0.1, 0.15) is 11.7 Å². The molecule has 2 nitrogen and oxygen atoms in total. The number of nitrogens with zero attached hydrogens (tertiary/aromatic N) is 2. The van der Waals surface area contributed by atoms with Crippen LogP contribution in [0.15, 0.2) is 30.5 Å². The summed E-state index contributed by atoms with van der Waals surface area (Å²) in [4.78, 5) is 0. The molecule has 5 rings (SSSR count). The van der Waals surface area contributed by atoms with E-state index in [4.69, 9.17) is 0 Å². The number of hydrogen-bond acceptors (Lipinski definition) is 0. The average molecular weight is 400 g/mol. The molecule has 0 spiro atoms. The molecule has 4 aromatic rings. The van der Waals surface area contributed by atoms with Gasteiger partial charge in [-0.1, -0.05) is 72.7 Å². The van der Waals surface area contributed by atoms with Crippen LogP contribution in [-0.4, -0.2) is 4.40 Å². The number of aryl methyl sites for hydroxylation is 3. The zero-order valence-corrected chi connectivity index (χ0v) is 20.3. The molecule has 156 valence electrons. The molecule has 0 saturated heterocycles. The van der Waals surface area contributed by atoms with Crippen LogP contribution in [0.5, 0.6) is 0 Å². The Labute approximate surface area is 180 Å². The Morgan fingerprint density at radius 3 is 2.17 bits per heavy atom. The van der Waals surface area contributed by atoms with Crippen LogP contribution in [0.25, 0.3) is 27.3 Å². The molecule has 0 bridgehead atoms. The molecule has 2 aromatic heterocycles. The SMILES string of the molecule is Cc1ccc2c3c1c1ccc(C(C)(C)C)c(C)c1c1n3c(c[n+]1C)C(C)(C)C2(C)C. The summed E-state index contributed by atoms with van der Waals surface area (Å²) in [5.41, 5.74) is 9.99. The molecule has 30 heavy (non-hydrogen) atoms. The first-order chi connectivity index (χ1) is 13.8. The van der Waals surface area contributed by atoms with Crippen molar-refractivity contribution in [2.45, 2.75) is 78.6 Å². The van der Waals surface area contributed by atoms with E-state index in [1.54, 1.807) is 0 Å². The van der Waals surface area contributed by atoms with Gasteiger partial charge in [-0.15, -0.1) is 0 Å². The summed E-state index contributed by atoms with van der Waals surface area (Å²) in [5.74, 6) is 0. The molecule has 0 fully saturated rings. The molecule has 0 radical (unpaired) electrons. The number of imidazole rings is 1. The van der Waals surface area contributed by atoms with Gasteiger partial charge in [-0.3, -0.25) is 0 Å². The molecule has 0 aliphatic carbocycles. The second kappa shape index (κ2) is 5.46. The van der Waals surface area contributed by atoms with Crippen LogP contribution in [-0.2, 0) is 23.3 Å². The van der Waals surface area contributed by atoms with Gasteiger partial charge in [-0.05, 0) is 36.0 Å². The topological polar surface area (TPSA) is 8.29 Å². The number of benzene rings is 2. The van der Waals surface area contributed by atoms with Gasteiger partial charge in [-0.2, -0.15) is 4.40 Å². The fourth-order valence-corrected chi connectivity index (χ4v) is 5.98. The molecule has 3 heterocycles. The quantitative estimate of drug-likeness (QED) is 0.234. The maximum Gasteiger partial charge on any atom is 0.295 e. The predicted octanol–water partition coefficient (Wildman–Crippen LogP) is 6.55. The molecule has 0 atom stereocenters. The number of pyridine rings is 1. The van der Waals surface area contributed by atoms with Crippen molar-refractivity contribution in [3.63, 3.8) is 0 Å². The van der Waals surface area contributed by atoms with Crippen LogP contribution in [0.2, 0.25) is 0 Å². The third-order valence-corrected chi connectivity index (χ3v) is 8.35. The highest BCUT2D eigenvalue weighted by molar-refractivity contribution is 6.15. The summed E-state index contributed by atoms with van der Waals surface area (Å²) in [7, 11) is 2.22. The molecule has 2 heteroatoms. The Bertz CT molecular complexity index is 1390. The lowest BCUT2D eigenvalue weighted by molar-refractivity contribution is -0.643. The highest BCUT2D eigenvalue weighted by Crippen LogP contribution is 2.51. The van der Waals surface area contributed by atoms with Gasteiger partial charge in [0.25, 0.3) is 5.65 Å². The monoisotopic (exact) mass is 399 g/mol. The van der Waals surface area contributed by atoms with E-state index in [0.29, 0.717) is 0 Å². The van der Waals surface area contributed by atoms with E-state index < -0.39 is 0 Å². The van der Waals surface area contributed by atoms with E-state index in [1.807, 2.05) is 0 Å². The lowest BCUT2D eigenvalue weighted by Gasteiger charge is -2.43. The van der Waals surface area contributed by atoms with Crippen molar-refractivity contribution in [1.29, 1.82) is 0 Å². The minimum atomic E-state index is 0.0234. The summed E-state index contributed by atoms with van der Waals surface area (Å²) in [6.07, 6.45) is 2.38. The second-order valence-electron chi connectivity index (χ2n) is 11.6. The average Bonchev–Trinajstić information content (AvgIpc) is 2.98. The van der Waals surface area contributed by atoms with Crippen molar-refractivity contribution in [2.75, 3.05) is 0 Å². The maximum atomic E-state index is 2.59. The van der Waals surface area contributed by atoms with Crippen molar-refractivity contribution < 1.29 is 4.57 Å². The summed E-state index contributed by atoms with van der Waals surface area (Å²) in [6, 6.07) is 9.46. The Kier molecular flexibility index (Phi) is 3.57. The van der Waals surface area contributed by atoms with E-state index in [0.717, 1.165) is 0 Å². The summed E-state index contributed by atoms with van der Waals surface area (Å²) < 4.78 is 4.95. The normalized spacial score (nSPS) is 17.5. The highest BCUT2D eigenvalue weighted by Gasteiger charge is 2.50. The van der Waals surface area contributed by atoms with E-state index in [9.17, 15) is 0 Å². The Morgan fingerprint density at radius 2 is 1.53 bits per heavy atom. The van der Waals surface area contributed by atoms with Gasteiger partial charge in [0.15, 0.2) is 5.69 Å². The zero-order valence-electron chi connectivity index (χ0n) is 20.3. The standard InChI is InChI=1S/C28H35N2/c1-16-11-13-20-24-22(16)18-12-14-19(26(3,4)5)17(2)23(18)25-29(10)15-21(30(24)25)28(8,9)27(20,6)7/h11-15H,1-10H3/q+1. The molecule has 0 amide bonds. The first-order valence-electron chi connectivity index (χ1n) is 11.2. The molecular formula is C28H35N2+. The van der Waals surface area contributed by atoms with Crippen LogP contribution in [0, 0.1) is 13.8 Å². The van der Waals surface area contributed by atoms with Crippen LogP contribution in [0.1, 0.15) is 76.4 Å². The minimum Gasteiger partial charge on any atom is -0.232 e. The van der Waals surface area contributed by atoms with Crippen molar-refractivity contribution >= 4 is 27.3 Å². The van der Waals surface area contributed by atoms with E-state index in [2.05, 4.69) is 109 Å². The van der Waals surface area contributed by atoms with Gasteiger partial charge in [-0.25, -0.2) is 4.57 Å². The number of fused-ring (bicyclic) bond motifs is 3. The van der Waals surface area contributed by atoms with E-state index >= 15 is 0 Å². The molecule has 1 aliphatic rings. The third-order valence-electron chi connectivity index (χ3n) is 8.35. The largest absolute Gasteiger partial charge is 0.295 e. The maximum absolute atomic E-state index is 2.59. The fourth-order valence-electron chi connectivity index (χ4n) is 5.98. The van der Waals surface area contributed by atoms with Crippen LogP contribution in [0.4, 0.5) is 0 Å². The van der Waals surface area contributed by atoms with E-state index in [1.165, 1.54) is 55.3 Å². The lowest BCUT2D eigenvalue weighted by atomic mass is 9.60. The summed E-state index contributed by atoms with van der Waals surface area (Å²) in [5, 5.41) is 4.21. The molecule has 0 N–H and O–H groups in total. The molecule has 1 aliphatic heterocycles. The van der Waals surface area contributed by atoms with Gasteiger partial charge >= 0.3 is 0 Å². The van der Waals surface area contributed by atoms with Crippen molar-refractivity contribution in [1.82, 2.24) is 4.40 Å². The second-order valence-corrected chi connectivity index (χ2v) is 11.6. The minimum absolute atomic E-state index is 0.0234. The van der Waals surface area contributed by atoms with Crippen LogP contribution >= 0.6 is 0 Å². The summed E-state index contributed by atoms with van der Waals surface area (Å²) >= 11 is 0. The van der Waals surface area contributed by atoms with Crippen molar-refractivity contribution in [3.05, 3.63) is 58.4 Å². The van der Waals surface area contributed by atoms with Crippen molar-refractivity contribution in [2.24, 2.45) is 7.05 Å². The van der Waals surface area contributed by atoms with Crippen LogP contribution in [0.3, 0.4) is 0 Å².